The van der Waals surface area contributed by atoms with E-state index in [0.29, 0.717) is 21.0 Å². The summed E-state index contributed by atoms with van der Waals surface area (Å²) in [6.07, 6.45) is 1.24. The van der Waals surface area contributed by atoms with Gasteiger partial charge in [0.05, 0.1) is 12.0 Å². The number of sulfonamides is 1. The lowest BCUT2D eigenvalue weighted by molar-refractivity contribution is -0.0753. The van der Waals surface area contributed by atoms with Gasteiger partial charge < -0.3 is 4.90 Å². The minimum absolute atomic E-state index is 0.0641. The molecule has 0 saturated carbocycles. The Bertz CT molecular complexity index is 1300. The SMILES string of the molecule is CON(C)C(=O)c1sc(-c2cccc(Cl)c2)c(C)c1-c1ccc(S(=O)(=O)N=CN(C)C)cc1. The number of carbonyl (C=O) groups excluding carboxylic acids is 1. The molecule has 0 unspecified atom stereocenters. The Labute approximate surface area is 202 Å². The Kier molecular flexibility index (Phi) is 7.58. The minimum Gasteiger partial charge on any atom is -0.368 e. The summed E-state index contributed by atoms with van der Waals surface area (Å²) in [4.78, 5) is 21.2. The maximum atomic E-state index is 13.1. The van der Waals surface area contributed by atoms with Gasteiger partial charge in [-0.1, -0.05) is 35.9 Å². The van der Waals surface area contributed by atoms with Crippen LogP contribution in [0, 0.1) is 6.92 Å². The standard InChI is InChI=1S/C23H24ClN3O4S2/c1-15-20(16-9-11-19(12-10-16)33(29,30)25-14-26(2)3)22(23(28)27(4)31-5)32-21(15)17-7-6-8-18(24)13-17/h6-14H,1-5H3. The topological polar surface area (TPSA) is 79.3 Å². The van der Waals surface area contributed by atoms with Crippen molar-refractivity contribution in [3.63, 3.8) is 0 Å². The van der Waals surface area contributed by atoms with E-state index in [2.05, 4.69) is 4.40 Å². The fourth-order valence-electron chi connectivity index (χ4n) is 3.15. The van der Waals surface area contributed by atoms with Crippen molar-refractivity contribution in [1.82, 2.24) is 9.96 Å². The molecule has 7 nitrogen and oxygen atoms in total. The van der Waals surface area contributed by atoms with Gasteiger partial charge in [0.15, 0.2) is 0 Å². The predicted molar refractivity (Wildman–Crippen MR) is 133 cm³/mol. The molecule has 1 aromatic heterocycles. The summed E-state index contributed by atoms with van der Waals surface area (Å²) < 4.78 is 28.6. The number of halogens is 1. The van der Waals surface area contributed by atoms with Gasteiger partial charge >= 0.3 is 0 Å². The van der Waals surface area contributed by atoms with Crippen LogP contribution in [0.4, 0.5) is 0 Å². The second kappa shape index (κ2) is 10.0. The highest BCUT2D eigenvalue weighted by Gasteiger charge is 2.25. The van der Waals surface area contributed by atoms with Crippen molar-refractivity contribution < 1.29 is 18.0 Å². The molecule has 0 bridgehead atoms. The molecule has 1 heterocycles. The van der Waals surface area contributed by atoms with Crippen LogP contribution in [0.5, 0.6) is 0 Å². The van der Waals surface area contributed by atoms with Crippen molar-refractivity contribution in [3.8, 4) is 21.6 Å². The number of carbonyl (C=O) groups is 1. The Balaban J connectivity index is 2.14. The molecule has 0 fully saturated rings. The molecule has 0 atom stereocenters. The first-order valence-corrected chi connectivity index (χ1v) is 12.5. The Morgan fingerprint density at radius 2 is 1.76 bits per heavy atom. The van der Waals surface area contributed by atoms with Crippen LogP contribution in [0.1, 0.15) is 15.2 Å². The van der Waals surface area contributed by atoms with E-state index >= 15 is 0 Å². The average molecular weight is 506 g/mol. The maximum absolute atomic E-state index is 13.1. The lowest BCUT2D eigenvalue weighted by Gasteiger charge is -2.14. The average Bonchev–Trinajstić information content (AvgIpc) is 3.13. The fourth-order valence-corrected chi connectivity index (χ4v) is 5.55. The molecule has 0 aliphatic heterocycles. The van der Waals surface area contributed by atoms with Crippen molar-refractivity contribution in [3.05, 3.63) is 64.0 Å². The summed E-state index contributed by atoms with van der Waals surface area (Å²) in [6.45, 7) is 1.93. The van der Waals surface area contributed by atoms with Gasteiger partial charge in [-0.05, 0) is 47.9 Å². The first-order valence-electron chi connectivity index (χ1n) is 9.84. The van der Waals surface area contributed by atoms with E-state index < -0.39 is 10.0 Å². The first-order chi connectivity index (χ1) is 15.5. The summed E-state index contributed by atoms with van der Waals surface area (Å²) >= 11 is 7.53. The van der Waals surface area contributed by atoms with Gasteiger partial charge in [0, 0.05) is 36.6 Å². The van der Waals surface area contributed by atoms with Crippen molar-refractivity contribution in [2.24, 2.45) is 4.40 Å². The zero-order chi connectivity index (χ0) is 24.3. The maximum Gasteiger partial charge on any atom is 0.287 e. The van der Waals surface area contributed by atoms with Crippen LogP contribution in [-0.2, 0) is 14.9 Å². The molecule has 33 heavy (non-hydrogen) atoms. The largest absolute Gasteiger partial charge is 0.368 e. The summed E-state index contributed by atoms with van der Waals surface area (Å²) in [6, 6.07) is 13.8. The molecular formula is C23H24ClN3O4S2. The van der Waals surface area contributed by atoms with Gasteiger partial charge in [-0.3, -0.25) is 9.63 Å². The number of hydrogen-bond acceptors (Lipinski definition) is 5. The third-order valence-corrected chi connectivity index (χ3v) is 7.65. The molecule has 0 saturated heterocycles. The Morgan fingerprint density at radius 3 is 2.33 bits per heavy atom. The molecule has 0 aliphatic carbocycles. The summed E-state index contributed by atoms with van der Waals surface area (Å²) in [7, 11) is 2.51. The van der Waals surface area contributed by atoms with Crippen LogP contribution >= 0.6 is 22.9 Å². The number of nitrogens with zero attached hydrogens (tertiary/aromatic N) is 3. The van der Waals surface area contributed by atoms with Crippen molar-refractivity contribution in [2.45, 2.75) is 11.8 Å². The van der Waals surface area contributed by atoms with Gasteiger partial charge in [0.2, 0.25) is 0 Å². The highest BCUT2D eigenvalue weighted by Crippen LogP contribution is 2.43. The second-order valence-corrected chi connectivity index (χ2v) is 10.5. The van der Waals surface area contributed by atoms with E-state index in [1.54, 1.807) is 44.2 Å². The number of hydroxylamine groups is 2. The number of thiophene rings is 1. The van der Waals surface area contributed by atoms with Crippen molar-refractivity contribution in [1.29, 1.82) is 0 Å². The van der Waals surface area contributed by atoms with Crippen LogP contribution in [0.25, 0.3) is 21.6 Å². The van der Waals surface area contributed by atoms with Crippen LogP contribution in [0.3, 0.4) is 0 Å². The first kappa shape index (κ1) is 24.9. The molecule has 0 radical (unpaired) electrons. The van der Waals surface area contributed by atoms with Gasteiger partial charge in [0.25, 0.3) is 15.9 Å². The van der Waals surface area contributed by atoms with E-state index in [0.717, 1.165) is 21.1 Å². The number of amides is 1. The lowest BCUT2D eigenvalue weighted by Crippen LogP contribution is -2.25. The lowest BCUT2D eigenvalue weighted by atomic mass is 9.99. The molecule has 0 spiro atoms. The third kappa shape index (κ3) is 5.44. The normalized spacial score (nSPS) is 11.7. The molecule has 10 heteroatoms. The van der Waals surface area contributed by atoms with Gasteiger partial charge in [-0.2, -0.15) is 8.42 Å². The zero-order valence-corrected chi connectivity index (χ0v) is 21.3. The van der Waals surface area contributed by atoms with Gasteiger partial charge in [-0.25, -0.2) is 5.06 Å². The Morgan fingerprint density at radius 1 is 1.09 bits per heavy atom. The monoisotopic (exact) mass is 505 g/mol. The highest BCUT2D eigenvalue weighted by atomic mass is 35.5. The van der Waals surface area contributed by atoms with Crippen LogP contribution in [-0.4, -0.2) is 58.9 Å². The molecular weight excluding hydrogens is 482 g/mol. The molecule has 1 amide bonds. The summed E-state index contributed by atoms with van der Waals surface area (Å²) in [5.41, 5.74) is 3.20. The van der Waals surface area contributed by atoms with E-state index in [9.17, 15) is 13.2 Å². The smallest absolute Gasteiger partial charge is 0.287 e. The quantitative estimate of drug-likeness (QED) is 0.258. The van der Waals surface area contributed by atoms with Crippen LogP contribution < -0.4 is 0 Å². The summed E-state index contributed by atoms with van der Waals surface area (Å²) in [5, 5.41) is 1.75. The molecule has 174 valence electrons. The molecule has 3 rings (SSSR count). The highest BCUT2D eigenvalue weighted by molar-refractivity contribution is 7.90. The predicted octanol–water partition coefficient (Wildman–Crippen LogP) is 4.96. The second-order valence-electron chi connectivity index (χ2n) is 7.44. The van der Waals surface area contributed by atoms with Crippen LogP contribution in [0.15, 0.2) is 57.8 Å². The van der Waals surface area contributed by atoms with E-state index in [-0.39, 0.29) is 10.8 Å². The van der Waals surface area contributed by atoms with E-state index in [4.69, 9.17) is 16.4 Å². The number of rotatable bonds is 7. The Hall–Kier alpha value is -2.72. The molecule has 2 aromatic carbocycles. The van der Waals surface area contributed by atoms with Gasteiger partial charge in [0.1, 0.15) is 11.2 Å². The molecule has 3 aromatic rings. The fraction of sp³-hybridized carbons (Fsp3) is 0.217. The molecule has 0 N–H and O–H groups in total. The van der Waals surface area contributed by atoms with E-state index in [1.807, 2.05) is 25.1 Å². The minimum atomic E-state index is -3.83. The third-order valence-electron chi connectivity index (χ3n) is 4.85. The summed E-state index contributed by atoms with van der Waals surface area (Å²) in [5.74, 6) is -0.304. The molecule has 0 aliphatic rings. The van der Waals surface area contributed by atoms with Crippen molar-refractivity contribution >= 4 is 45.2 Å². The number of hydrogen-bond donors (Lipinski definition) is 0. The number of benzene rings is 2. The van der Waals surface area contributed by atoms with Crippen LogP contribution in [0.2, 0.25) is 5.02 Å². The van der Waals surface area contributed by atoms with E-state index in [1.165, 1.54) is 36.9 Å². The van der Waals surface area contributed by atoms with Gasteiger partial charge in [-0.15, -0.1) is 15.7 Å². The van der Waals surface area contributed by atoms with Crippen molar-refractivity contribution in [2.75, 3.05) is 28.3 Å². The zero-order valence-electron chi connectivity index (χ0n) is 18.9.